The highest BCUT2D eigenvalue weighted by atomic mass is 16.2. The van der Waals surface area contributed by atoms with Crippen LogP contribution in [0.4, 0.5) is 0 Å². The molecule has 1 N–H and O–H groups in total. The molecular weight excluding hydrogens is 402 g/mol. The quantitative estimate of drug-likeness (QED) is 0.801. The topological polar surface area (TPSA) is 73.7 Å². The zero-order valence-electron chi connectivity index (χ0n) is 19.3. The number of nitrogens with one attached hydrogen (secondary N) is 1. The summed E-state index contributed by atoms with van der Waals surface area (Å²) in [7, 11) is 0. The molecule has 0 spiro atoms. The molecule has 6 rings (SSSR count). The van der Waals surface area contributed by atoms with Crippen LogP contribution in [0.5, 0.6) is 0 Å². The molecule has 2 atom stereocenters. The smallest absolute Gasteiger partial charge is 0.277 e. The first kappa shape index (κ1) is 20.5. The highest BCUT2D eigenvalue weighted by Crippen LogP contribution is 2.56. The van der Waals surface area contributed by atoms with Crippen LogP contribution in [0.3, 0.4) is 0 Å². The van der Waals surface area contributed by atoms with Crippen LogP contribution in [0.25, 0.3) is 5.65 Å². The summed E-state index contributed by atoms with van der Waals surface area (Å²) in [4.78, 5) is 35.5. The molecule has 4 aliphatic rings. The van der Waals surface area contributed by atoms with E-state index in [-0.39, 0.29) is 5.56 Å². The Morgan fingerprint density at radius 2 is 1.81 bits per heavy atom. The minimum absolute atomic E-state index is 0.0468. The van der Waals surface area contributed by atoms with Crippen LogP contribution in [0.2, 0.25) is 0 Å². The number of fused-ring (bicyclic) bond motifs is 3. The van der Waals surface area contributed by atoms with Crippen molar-refractivity contribution in [3.05, 3.63) is 33.4 Å². The van der Waals surface area contributed by atoms with Crippen molar-refractivity contribution in [2.75, 3.05) is 19.6 Å². The first-order valence-electron chi connectivity index (χ1n) is 12.7. The molecule has 4 heterocycles. The van der Waals surface area contributed by atoms with E-state index in [1.165, 1.54) is 25.7 Å². The number of aromatic amines is 1. The van der Waals surface area contributed by atoms with Crippen molar-refractivity contribution in [1.29, 1.82) is 0 Å². The number of carbonyl (C=O) groups is 1. The number of rotatable bonds is 3. The molecular formula is C25H35N5O2. The normalized spacial score (nSPS) is 28.7. The van der Waals surface area contributed by atoms with Crippen LogP contribution in [-0.2, 0) is 17.8 Å². The van der Waals surface area contributed by atoms with Gasteiger partial charge < -0.3 is 4.90 Å². The number of H-pyrrole nitrogens is 1. The molecule has 3 fully saturated rings. The summed E-state index contributed by atoms with van der Waals surface area (Å²) in [5, 5.41) is 3.37. The molecule has 2 saturated carbocycles. The summed E-state index contributed by atoms with van der Waals surface area (Å²) in [6, 6.07) is 2.49. The van der Waals surface area contributed by atoms with E-state index in [0.29, 0.717) is 42.2 Å². The van der Waals surface area contributed by atoms with Gasteiger partial charge in [-0.25, -0.2) is 9.50 Å². The van der Waals surface area contributed by atoms with Crippen LogP contribution in [-0.4, -0.2) is 56.0 Å². The third-order valence-electron chi connectivity index (χ3n) is 8.73. The number of carbonyl (C=O) groups excluding carboxylic acids is 1. The summed E-state index contributed by atoms with van der Waals surface area (Å²) < 4.78 is 1.64. The fraction of sp³-hybridized carbons (Fsp3) is 0.720. The Morgan fingerprint density at radius 3 is 2.50 bits per heavy atom. The zero-order chi connectivity index (χ0) is 22.0. The fourth-order valence-electron chi connectivity index (χ4n) is 6.65. The van der Waals surface area contributed by atoms with E-state index in [2.05, 4.69) is 34.8 Å². The molecule has 7 nitrogen and oxygen atoms in total. The van der Waals surface area contributed by atoms with Gasteiger partial charge >= 0.3 is 0 Å². The molecule has 1 saturated heterocycles. The molecule has 2 aromatic rings. The van der Waals surface area contributed by atoms with Crippen molar-refractivity contribution in [2.24, 2.45) is 17.8 Å². The lowest BCUT2D eigenvalue weighted by Crippen LogP contribution is -2.40. The van der Waals surface area contributed by atoms with Gasteiger partial charge in [-0.1, -0.05) is 12.8 Å². The number of hydrogen-bond donors (Lipinski definition) is 1. The summed E-state index contributed by atoms with van der Waals surface area (Å²) in [6.45, 7) is 7.65. The van der Waals surface area contributed by atoms with Gasteiger partial charge in [0.25, 0.3) is 5.56 Å². The number of piperidine rings is 1. The van der Waals surface area contributed by atoms with Crippen molar-refractivity contribution >= 4 is 11.6 Å². The molecule has 0 bridgehead atoms. The second kappa shape index (κ2) is 7.72. The molecule has 32 heavy (non-hydrogen) atoms. The number of likely N-dealkylation sites (tertiary alicyclic amines) is 1. The Morgan fingerprint density at radius 1 is 1.09 bits per heavy atom. The number of aromatic nitrogens is 3. The standard InChI is InChI=1S/C25H35N5O2/c1-15(2)29-12-9-20-19(14-29)24(31)30-22(26-20)13-21(27-30)16-7-10-28(11-8-16)25(32)23-17-5-3-4-6-18(17)23/h13,15-18,23,27H,3-12,14H2,1-2H3/t17-,18-/m0/s1. The van der Waals surface area contributed by atoms with E-state index < -0.39 is 0 Å². The van der Waals surface area contributed by atoms with E-state index in [0.717, 1.165) is 61.5 Å². The Hall–Kier alpha value is -2.15. The molecule has 0 aromatic carbocycles. The van der Waals surface area contributed by atoms with E-state index in [9.17, 15) is 9.59 Å². The maximum absolute atomic E-state index is 13.2. The van der Waals surface area contributed by atoms with Gasteiger partial charge in [0.15, 0.2) is 5.65 Å². The van der Waals surface area contributed by atoms with Crippen LogP contribution < -0.4 is 5.56 Å². The second-order valence-electron chi connectivity index (χ2n) is 10.8. The van der Waals surface area contributed by atoms with E-state index in [4.69, 9.17) is 4.98 Å². The van der Waals surface area contributed by atoms with Gasteiger partial charge in [-0.05, 0) is 51.4 Å². The van der Waals surface area contributed by atoms with E-state index in [1.807, 2.05) is 0 Å². The maximum Gasteiger partial charge on any atom is 0.277 e. The Balaban J connectivity index is 1.17. The SMILES string of the molecule is CC(C)N1CCc2nc3cc(C4CCN(C(=O)C5[C@H]6CCCC[C@H]56)CC4)[nH]n3c(=O)c2C1. The molecule has 2 aliphatic carbocycles. The van der Waals surface area contributed by atoms with Crippen molar-refractivity contribution < 1.29 is 4.79 Å². The predicted octanol–water partition coefficient (Wildman–Crippen LogP) is 2.93. The molecule has 2 aromatic heterocycles. The van der Waals surface area contributed by atoms with Crippen molar-refractivity contribution in [1.82, 2.24) is 24.4 Å². The Labute approximate surface area is 189 Å². The first-order valence-corrected chi connectivity index (χ1v) is 12.7. The van der Waals surface area contributed by atoms with Gasteiger partial charge in [0.2, 0.25) is 5.91 Å². The van der Waals surface area contributed by atoms with Gasteiger partial charge in [0.1, 0.15) is 0 Å². The Kier molecular flexibility index (Phi) is 4.93. The molecule has 0 unspecified atom stereocenters. The van der Waals surface area contributed by atoms with Crippen molar-refractivity contribution in [3.8, 4) is 0 Å². The summed E-state index contributed by atoms with van der Waals surface area (Å²) >= 11 is 0. The maximum atomic E-state index is 13.2. The molecule has 2 aliphatic heterocycles. The average molecular weight is 438 g/mol. The second-order valence-corrected chi connectivity index (χ2v) is 10.8. The lowest BCUT2D eigenvalue weighted by molar-refractivity contribution is -0.134. The van der Waals surface area contributed by atoms with Gasteiger partial charge in [0, 0.05) is 62.2 Å². The number of amides is 1. The lowest BCUT2D eigenvalue weighted by atomic mass is 9.93. The molecule has 7 heteroatoms. The molecule has 1 amide bonds. The minimum atomic E-state index is 0.0468. The minimum Gasteiger partial charge on any atom is -0.342 e. The lowest BCUT2D eigenvalue weighted by Gasteiger charge is -2.32. The molecule has 0 radical (unpaired) electrons. The van der Waals surface area contributed by atoms with E-state index in [1.54, 1.807) is 4.52 Å². The zero-order valence-corrected chi connectivity index (χ0v) is 19.3. The number of nitrogens with zero attached hydrogens (tertiary/aromatic N) is 4. The number of hydrogen-bond acceptors (Lipinski definition) is 4. The van der Waals surface area contributed by atoms with E-state index >= 15 is 0 Å². The third kappa shape index (κ3) is 3.31. The van der Waals surface area contributed by atoms with Crippen molar-refractivity contribution in [2.45, 2.75) is 77.3 Å². The Bertz CT molecular complexity index is 1080. The van der Waals surface area contributed by atoms with Crippen molar-refractivity contribution in [3.63, 3.8) is 0 Å². The fourth-order valence-corrected chi connectivity index (χ4v) is 6.65. The molecule has 172 valence electrons. The largest absolute Gasteiger partial charge is 0.342 e. The highest BCUT2D eigenvalue weighted by Gasteiger charge is 2.55. The third-order valence-corrected chi connectivity index (χ3v) is 8.73. The summed E-state index contributed by atoms with van der Waals surface area (Å²) in [5.41, 5.74) is 3.67. The van der Waals surface area contributed by atoms with Crippen LogP contribution in [0.1, 0.15) is 75.2 Å². The van der Waals surface area contributed by atoms with Crippen LogP contribution >= 0.6 is 0 Å². The van der Waals surface area contributed by atoms with Crippen LogP contribution in [0.15, 0.2) is 10.9 Å². The van der Waals surface area contributed by atoms with Crippen LogP contribution in [0, 0.1) is 17.8 Å². The van der Waals surface area contributed by atoms with Gasteiger partial charge in [-0.2, -0.15) is 0 Å². The van der Waals surface area contributed by atoms with Gasteiger partial charge in [0.05, 0.1) is 11.3 Å². The first-order chi connectivity index (χ1) is 15.5. The average Bonchev–Trinajstić information content (AvgIpc) is 3.39. The highest BCUT2D eigenvalue weighted by molar-refractivity contribution is 5.82. The van der Waals surface area contributed by atoms with Gasteiger partial charge in [-0.15, -0.1) is 0 Å². The summed E-state index contributed by atoms with van der Waals surface area (Å²) in [6.07, 6.45) is 7.87. The van der Waals surface area contributed by atoms with Gasteiger partial charge in [-0.3, -0.25) is 19.6 Å². The summed E-state index contributed by atoms with van der Waals surface area (Å²) in [5.74, 6) is 2.45. The monoisotopic (exact) mass is 437 g/mol. The predicted molar refractivity (Wildman–Crippen MR) is 123 cm³/mol.